The highest BCUT2D eigenvalue weighted by atomic mass is 15.0. The lowest BCUT2D eigenvalue weighted by Gasteiger charge is -2.11. The summed E-state index contributed by atoms with van der Waals surface area (Å²) in [6.45, 7) is -2.79. The number of nitrogens with zero attached hydrogens (tertiary/aromatic N) is 2. The van der Waals surface area contributed by atoms with Crippen LogP contribution >= 0.6 is 0 Å². The molecule has 1 aromatic heterocycles. The Balaban J connectivity index is 2.30. The summed E-state index contributed by atoms with van der Waals surface area (Å²) in [5, 5.41) is 0. The minimum atomic E-state index is -2.32. The third-order valence-corrected chi connectivity index (χ3v) is 3.71. The molecule has 3 aromatic rings. The van der Waals surface area contributed by atoms with E-state index < -0.39 is 13.7 Å². The van der Waals surface area contributed by atoms with E-state index in [-0.39, 0.29) is 11.3 Å². The first-order chi connectivity index (χ1) is 13.0. The van der Waals surface area contributed by atoms with Gasteiger partial charge in [-0.1, -0.05) is 36.4 Å². The number of benzene rings is 2. The lowest BCUT2D eigenvalue weighted by atomic mass is 9.94. The molecule has 0 radical (unpaired) electrons. The van der Waals surface area contributed by atoms with Crippen LogP contribution in [0.1, 0.15) is 25.0 Å². The molecule has 2 nitrogen and oxygen atoms in total. The Hall–Kier alpha value is -2.48. The lowest BCUT2D eigenvalue weighted by molar-refractivity contribution is -0.663. The summed E-state index contributed by atoms with van der Waals surface area (Å²) in [4.78, 5) is 4.36. The standard InChI is InChI=1S/C20H21N2/c1-14-12-15(2)19(20-21-16(3)10-11-22(20)4)13-18(14)17-8-6-5-7-9-17/h5-13H,1-4H3/q+1/i1D3,3D3. The second kappa shape index (κ2) is 5.72. The highest BCUT2D eigenvalue weighted by Gasteiger charge is 2.18. The zero-order valence-corrected chi connectivity index (χ0v) is 12.6. The van der Waals surface area contributed by atoms with Gasteiger partial charge in [-0.15, -0.1) is 0 Å². The molecule has 0 saturated carbocycles. The number of hydrogen-bond acceptors (Lipinski definition) is 1. The van der Waals surface area contributed by atoms with E-state index in [0.29, 0.717) is 17.0 Å². The zero-order chi connectivity index (χ0) is 20.7. The first-order valence-corrected chi connectivity index (χ1v) is 7.06. The molecule has 110 valence electrons. The minimum absolute atomic E-state index is 0.00107. The fourth-order valence-electron chi connectivity index (χ4n) is 2.54. The largest absolute Gasteiger partial charge is 0.330 e. The molecule has 2 heteroatoms. The van der Waals surface area contributed by atoms with Crippen molar-refractivity contribution >= 4 is 0 Å². The van der Waals surface area contributed by atoms with Crippen molar-refractivity contribution in [1.82, 2.24) is 4.98 Å². The van der Waals surface area contributed by atoms with Crippen LogP contribution in [0.4, 0.5) is 0 Å². The highest BCUT2D eigenvalue weighted by molar-refractivity contribution is 5.74. The first-order valence-electron chi connectivity index (χ1n) is 10.1. The molecule has 0 N–H and O–H groups in total. The van der Waals surface area contributed by atoms with Crippen molar-refractivity contribution in [1.29, 1.82) is 0 Å². The van der Waals surface area contributed by atoms with E-state index >= 15 is 0 Å². The van der Waals surface area contributed by atoms with Crippen LogP contribution in [0.3, 0.4) is 0 Å². The molecule has 0 unspecified atom stereocenters. The summed E-state index contributed by atoms with van der Waals surface area (Å²) in [6.07, 6.45) is 1.66. The van der Waals surface area contributed by atoms with Crippen LogP contribution in [0.25, 0.3) is 22.5 Å². The van der Waals surface area contributed by atoms with Gasteiger partial charge in [0.05, 0.1) is 18.8 Å². The molecule has 2 aromatic carbocycles. The predicted octanol–water partition coefficient (Wildman–Crippen LogP) is 4.17. The summed E-state index contributed by atoms with van der Waals surface area (Å²) < 4.78 is 48.4. The number of hydrogen-bond donors (Lipinski definition) is 0. The summed E-state index contributed by atoms with van der Waals surface area (Å²) >= 11 is 0. The van der Waals surface area contributed by atoms with Gasteiger partial charge in [0.25, 0.3) is 0 Å². The van der Waals surface area contributed by atoms with Crippen LogP contribution in [-0.2, 0) is 7.05 Å². The van der Waals surface area contributed by atoms with Gasteiger partial charge < -0.3 is 0 Å². The third-order valence-electron chi connectivity index (χ3n) is 3.71. The second-order valence-corrected chi connectivity index (χ2v) is 5.33. The van der Waals surface area contributed by atoms with Crippen molar-refractivity contribution in [2.45, 2.75) is 20.6 Å². The second-order valence-electron chi connectivity index (χ2n) is 5.33. The van der Waals surface area contributed by atoms with Crippen LogP contribution in [0.2, 0.25) is 0 Å². The van der Waals surface area contributed by atoms with Crippen LogP contribution in [0.15, 0.2) is 54.7 Å². The molecule has 0 atom stereocenters. The fraction of sp³-hybridized carbons (Fsp3) is 0.200. The van der Waals surface area contributed by atoms with Gasteiger partial charge in [-0.25, -0.2) is 4.57 Å². The van der Waals surface area contributed by atoms with Crippen LogP contribution in [-0.4, -0.2) is 4.98 Å². The topological polar surface area (TPSA) is 16.8 Å². The van der Waals surface area contributed by atoms with E-state index in [4.69, 9.17) is 8.22 Å². The van der Waals surface area contributed by atoms with Crippen molar-refractivity contribution in [3.63, 3.8) is 0 Å². The van der Waals surface area contributed by atoms with Crippen LogP contribution in [0.5, 0.6) is 0 Å². The molecule has 22 heavy (non-hydrogen) atoms. The molecule has 0 amide bonds. The Kier molecular flexibility index (Phi) is 2.30. The number of rotatable bonds is 2. The Morgan fingerprint density at radius 3 is 2.50 bits per heavy atom. The first kappa shape index (κ1) is 8.84. The summed E-state index contributed by atoms with van der Waals surface area (Å²) in [7, 11) is 1.78. The monoisotopic (exact) mass is 295 g/mol. The van der Waals surface area contributed by atoms with Gasteiger partial charge in [-0.3, -0.25) is 0 Å². The SMILES string of the molecule is [2H]C([2H])([2H])c1cc[n+](C)c(-c2cc(-c3ccccc3)c(C([2H])([2H])[2H])cc2C)n1. The molecular weight excluding hydrogens is 268 g/mol. The maximum atomic E-state index is 7.93. The predicted molar refractivity (Wildman–Crippen MR) is 90.5 cm³/mol. The summed E-state index contributed by atoms with van der Waals surface area (Å²) in [5.41, 5.74) is 3.04. The molecule has 0 bridgehead atoms. The smallest absolute Gasteiger partial charge is 0.233 e. The summed E-state index contributed by atoms with van der Waals surface area (Å²) in [5.74, 6) is 0.473. The minimum Gasteiger partial charge on any atom is -0.233 e. The van der Waals surface area contributed by atoms with Crippen LogP contribution < -0.4 is 4.57 Å². The van der Waals surface area contributed by atoms with E-state index in [0.717, 1.165) is 11.1 Å². The fourth-order valence-corrected chi connectivity index (χ4v) is 2.54. The molecule has 0 aliphatic carbocycles. The van der Waals surface area contributed by atoms with Crippen molar-refractivity contribution in [3.8, 4) is 22.5 Å². The van der Waals surface area contributed by atoms with Gasteiger partial charge in [0.15, 0.2) is 5.69 Å². The van der Waals surface area contributed by atoms with E-state index in [1.54, 1.807) is 29.9 Å². The maximum absolute atomic E-state index is 7.93. The normalized spacial score (nSPS) is 15.9. The Labute approximate surface area is 140 Å². The average molecular weight is 295 g/mol. The number of aryl methyl sites for hydroxylation is 4. The number of aromatic nitrogens is 2. The molecule has 0 aliphatic heterocycles. The van der Waals surface area contributed by atoms with E-state index in [1.165, 1.54) is 6.07 Å². The Bertz CT molecular complexity index is 1010. The van der Waals surface area contributed by atoms with E-state index in [9.17, 15) is 0 Å². The van der Waals surface area contributed by atoms with Gasteiger partial charge in [-0.05, 0) is 47.1 Å². The third kappa shape index (κ3) is 2.64. The van der Waals surface area contributed by atoms with Gasteiger partial charge in [0.1, 0.15) is 0 Å². The quantitative estimate of drug-likeness (QED) is 0.649. The van der Waals surface area contributed by atoms with Gasteiger partial charge in [-0.2, -0.15) is 0 Å². The van der Waals surface area contributed by atoms with Crippen molar-refractivity contribution in [2.24, 2.45) is 7.05 Å². The summed E-state index contributed by atoms with van der Waals surface area (Å²) in [6, 6.07) is 14.2. The van der Waals surface area contributed by atoms with Gasteiger partial charge in [0.2, 0.25) is 0 Å². The van der Waals surface area contributed by atoms with Crippen molar-refractivity contribution in [2.75, 3.05) is 0 Å². The Morgan fingerprint density at radius 2 is 1.77 bits per heavy atom. The average Bonchev–Trinajstić information content (AvgIpc) is 2.61. The Morgan fingerprint density at radius 1 is 0.955 bits per heavy atom. The zero-order valence-electron chi connectivity index (χ0n) is 18.6. The molecule has 0 aliphatic rings. The van der Waals surface area contributed by atoms with Gasteiger partial charge in [0, 0.05) is 21.1 Å². The van der Waals surface area contributed by atoms with Gasteiger partial charge >= 0.3 is 5.82 Å². The van der Waals surface area contributed by atoms with E-state index in [1.807, 2.05) is 37.3 Å². The molecule has 0 spiro atoms. The van der Waals surface area contributed by atoms with Crippen LogP contribution in [0, 0.1) is 20.6 Å². The molecule has 0 fully saturated rings. The van der Waals surface area contributed by atoms with Crippen molar-refractivity contribution < 1.29 is 12.8 Å². The molecular formula is C20H21N2+. The van der Waals surface area contributed by atoms with E-state index in [2.05, 4.69) is 4.98 Å². The molecule has 1 heterocycles. The lowest BCUT2D eigenvalue weighted by Crippen LogP contribution is -2.32. The highest BCUT2D eigenvalue weighted by Crippen LogP contribution is 2.30. The molecule has 0 saturated heterocycles. The molecule has 3 rings (SSSR count). The maximum Gasteiger partial charge on any atom is 0.330 e. The van der Waals surface area contributed by atoms with Crippen molar-refractivity contribution in [3.05, 3.63) is 71.5 Å².